The van der Waals surface area contributed by atoms with Crippen LogP contribution in [0.3, 0.4) is 0 Å². The van der Waals surface area contributed by atoms with Crippen molar-refractivity contribution in [3.05, 3.63) is 0 Å². The molecule has 2 unspecified atom stereocenters. The van der Waals surface area contributed by atoms with Crippen LogP contribution in [0.1, 0.15) is 402 Å². The Balaban J connectivity index is 5.22. The number of hydrogen-bond acceptors (Lipinski definition) is 15. The third-order valence-corrected chi connectivity index (χ3v) is 20.0. The van der Waals surface area contributed by atoms with Crippen molar-refractivity contribution in [1.82, 2.24) is 0 Å². The lowest BCUT2D eigenvalue weighted by Crippen LogP contribution is -2.30. The van der Waals surface area contributed by atoms with Crippen molar-refractivity contribution in [1.29, 1.82) is 0 Å². The van der Waals surface area contributed by atoms with Crippen molar-refractivity contribution in [2.45, 2.75) is 420 Å². The maximum absolute atomic E-state index is 13.1. The van der Waals surface area contributed by atoms with Crippen LogP contribution in [0, 0.1) is 17.8 Å². The highest BCUT2D eigenvalue weighted by Crippen LogP contribution is 2.45. The minimum absolute atomic E-state index is 0.106. The van der Waals surface area contributed by atoms with Gasteiger partial charge in [-0.25, -0.2) is 9.13 Å². The van der Waals surface area contributed by atoms with Gasteiger partial charge in [0.15, 0.2) is 12.2 Å². The molecule has 0 saturated heterocycles. The van der Waals surface area contributed by atoms with Gasteiger partial charge in [-0.3, -0.25) is 37.3 Å². The summed E-state index contributed by atoms with van der Waals surface area (Å²) in [6.45, 7) is 11.9. The van der Waals surface area contributed by atoms with Gasteiger partial charge in [0, 0.05) is 25.7 Å². The number of phosphoric acid groups is 2. The Morgan fingerprint density at radius 1 is 0.278 bits per heavy atom. The molecule has 0 aromatic rings. The number of carbonyl (C=O) groups excluding carboxylic acids is 4. The second-order valence-corrected chi connectivity index (χ2v) is 32.4. The van der Waals surface area contributed by atoms with Crippen LogP contribution >= 0.6 is 15.6 Å². The molecule has 0 amide bonds. The molecule has 0 radical (unpaired) electrons. The summed E-state index contributed by atoms with van der Waals surface area (Å²) in [5.41, 5.74) is 0. The van der Waals surface area contributed by atoms with Crippen molar-refractivity contribution >= 4 is 39.5 Å². The Kier molecular flexibility index (Phi) is 67.1. The van der Waals surface area contributed by atoms with E-state index in [0.717, 1.165) is 114 Å². The summed E-state index contributed by atoms with van der Waals surface area (Å²) in [6, 6.07) is 0. The van der Waals surface area contributed by atoms with Crippen LogP contribution in [0.5, 0.6) is 0 Å². The van der Waals surface area contributed by atoms with Gasteiger partial charge in [0.1, 0.15) is 19.3 Å². The minimum atomic E-state index is -4.96. The van der Waals surface area contributed by atoms with Crippen molar-refractivity contribution in [2.24, 2.45) is 17.8 Å². The fourth-order valence-corrected chi connectivity index (χ4v) is 13.5. The van der Waals surface area contributed by atoms with E-state index in [9.17, 15) is 43.2 Å². The molecule has 0 aliphatic rings. The molecule has 0 bridgehead atoms. The van der Waals surface area contributed by atoms with E-state index < -0.39 is 97.5 Å². The van der Waals surface area contributed by atoms with Crippen LogP contribution in [0.25, 0.3) is 0 Å². The smallest absolute Gasteiger partial charge is 0.462 e. The van der Waals surface area contributed by atoms with Gasteiger partial charge in [-0.2, -0.15) is 0 Å². The zero-order chi connectivity index (χ0) is 71.6. The zero-order valence-electron chi connectivity index (χ0n) is 63.5. The highest BCUT2D eigenvalue weighted by Gasteiger charge is 2.30. The van der Waals surface area contributed by atoms with Gasteiger partial charge < -0.3 is 33.8 Å². The topological polar surface area (TPSA) is 237 Å². The largest absolute Gasteiger partial charge is 0.472 e. The molecule has 576 valence electrons. The van der Waals surface area contributed by atoms with E-state index in [1.807, 2.05) is 0 Å². The van der Waals surface area contributed by atoms with Gasteiger partial charge in [-0.1, -0.05) is 350 Å². The highest BCUT2D eigenvalue weighted by molar-refractivity contribution is 7.47. The fourth-order valence-electron chi connectivity index (χ4n) is 12.0. The first kappa shape index (κ1) is 95.1. The number of aliphatic hydroxyl groups is 1. The van der Waals surface area contributed by atoms with Gasteiger partial charge in [0.2, 0.25) is 0 Å². The lowest BCUT2D eigenvalue weighted by Gasteiger charge is -2.21. The van der Waals surface area contributed by atoms with E-state index in [0.29, 0.717) is 25.7 Å². The Bertz CT molecular complexity index is 1890. The van der Waals surface area contributed by atoms with Crippen LogP contribution in [-0.2, 0) is 65.4 Å². The Hall–Kier alpha value is -1.94. The number of hydrogen-bond donors (Lipinski definition) is 3. The molecular weight excluding hydrogens is 1270 g/mol. The van der Waals surface area contributed by atoms with E-state index in [4.69, 9.17) is 37.0 Å². The van der Waals surface area contributed by atoms with Crippen LogP contribution in [0.15, 0.2) is 0 Å². The molecule has 0 rings (SSSR count). The fraction of sp³-hybridized carbons (Fsp3) is 0.949. The maximum atomic E-state index is 13.1. The summed E-state index contributed by atoms with van der Waals surface area (Å²) in [5.74, 6) is 0.251. The second kappa shape index (κ2) is 68.5. The minimum Gasteiger partial charge on any atom is -0.462 e. The first-order valence-electron chi connectivity index (χ1n) is 40.3. The Morgan fingerprint density at radius 2 is 0.474 bits per heavy atom. The quantitative estimate of drug-likeness (QED) is 0.0222. The molecule has 97 heavy (non-hydrogen) atoms. The molecule has 0 aromatic heterocycles. The molecule has 19 heteroatoms. The molecule has 0 heterocycles. The molecule has 0 fully saturated rings. The molecule has 0 saturated carbocycles. The number of aliphatic hydroxyl groups excluding tert-OH is 1. The van der Waals surface area contributed by atoms with E-state index in [-0.39, 0.29) is 25.7 Å². The number of phosphoric ester groups is 2. The van der Waals surface area contributed by atoms with Crippen LogP contribution in [0.2, 0.25) is 0 Å². The average Bonchev–Trinajstić information content (AvgIpc) is 1.61. The molecule has 3 N–H and O–H groups in total. The number of esters is 4. The molecule has 17 nitrogen and oxygen atoms in total. The van der Waals surface area contributed by atoms with Crippen molar-refractivity contribution in [3.8, 4) is 0 Å². The van der Waals surface area contributed by atoms with Crippen molar-refractivity contribution in [2.75, 3.05) is 39.6 Å². The molecule has 0 aliphatic heterocycles. The van der Waals surface area contributed by atoms with Gasteiger partial charge in [0.05, 0.1) is 26.4 Å². The monoisotopic (exact) mass is 1420 g/mol. The standard InChI is InChI=1S/C78H152O17P2/c1-8-9-10-11-12-38-45-52-59-75(80)88-65-73(94-78(83)62-55-48-41-34-28-22-25-31-37-44-51-58-71(6)7)67-92-96(84,85)90-63-72(79)64-91-97(86,87)93-68-74(66-89-76(81)60-53-46-39-32-26-20-17-16-19-24-30-36-43-50-57-70(4)5)95-77(82)61-54-47-40-33-27-21-15-13-14-18-23-29-35-42-49-56-69(2)3/h69-74,79H,8-68H2,1-7H3,(H,84,85)(H,86,87)/t72-,73+,74+/m0/s1. The molecule has 0 aliphatic carbocycles. The van der Waals surface area contributed by atoms with Gasteiger partial charge >= 0.3 is 39.5 Å². The first-order chi connectivity index (χ1) is 46.7. The summed E-state index contributed by atoms with van der Waals surface area (Å²) < 4.78 is 68.5. The van der Waals surface area contributed by atoms with Gasteiger partial charge in [-0.15, -0.1) is 0 Å². The van der Waals surface area contributed by atoms with Crippen LogP contribution in [0.4, 0.5) is 0 Å². The van der Waals surface area contributed by atoms with Gasteiger partial charge in [0.25, 0.3) is 0 Å². The van der Waals surface area contributed by atoms with Crippen molar-refractivity contribution < 1.29 is 80.2 Å². The summed E-state index contributed by atoms with van der Waals surface area (Å²) in [4.78, 5) is 72.8. The normalized spacial score (nSPS) is 14.0. The second-order valence-electron chi connectivity index (χ2n) is 29.5. The lowest BCUT2D eigenvalue weighted by atomic mass is 10.0. The molecular formula is C78H152O17P2. The zero-order valence-corrected chi connectivity index (χ0v) is 65.3. The van der Waals surface area contributed by atoms with Crippen LogP contribution < -0.4 is 0 Å². The summed E-state index contributed by atoms with van der Waals surface area (Å²) >= 11 is 0. The van der Waals surface area contributed by atoms with Crippen molar-refractivity contribution in [3.63, 3.8) is 0 Å². The molecule has 0 spiro atoms. The van der Waals surface area contributed by atoms with Crippen LogP contribution in [-0.4, -0.2) is 96.7 Å². The summed E-state index contributed by atoms with van der Waals surface area (Å²) in [7, 11) is -9.91. The maximum Gasteiger partial charge on any atom is 0.472 e. The number of unbranched alkanes of at least 4 members (excludes halogenated alkanes) is 44. The average molecular weight is 1420 g/mol. The molecule has 5 atom stereocenters. The summed E-state index contributed by atoms with van der Waals surface area (Å²) in [6.07, 6.45) is 55.5. The predicted octanol–water partition coefficient (Wildman–Crippen LogP) is 23.0. The lowest BCUT2D eigenvalue weighted by molar-refractivity contribution is -0.161. The third-order valence-electron chi connectivity index (χ3n) is 18.1. The Morgan fingerprint density at radius 3 is 0.701 bits per heavy atom. The van der Waals surface area contributed by atoms with E-state index in [1.54, 1.807) is 0 Å². The third kappa shape index (κ3) is 72.2. The van der Waals surface area contributed by atoms with Gasteiger partial charge in [-0.05, 0) is 43.4 Å². The summed E-state index contributed by atoms with van der Waals surface area (Å²) in [5, 5.41) is 10.6. The molecule has 0 aromatic carbocycles. The first-order valence-corrected chi connectivity index (χ1v) is 43.3. The number of rotatable bonds is 76. The predicted molar refractivity (Wildman–Crippen MR) is 395 cm³/mol. The number of carbonyl (C=O) groups is 4. The van der Waals surface area contributed by atoms with E-state index in [2.05, 4.69) is 48.5 Å². The SMILES string of the molecule is CCCCCCCCCCC(=O)OC[C@H](COP(=O)(O)OC[C@H](O)COP(=O)(O)OC[C@@H](COC(=O)CCCCCCCCCCCCCCCCC(C)C)OC(=O)CCCCCCCCCCCCCCCCCC(C)C)OC(=O)CCCCCCCCCCCCCC(C)C. The number of ether oxygens (including phenoxy) is 4. The van der Waals surface area contributed by atoms with E-state index in [1.165, 1.54) is 205 Å². The van der Waals surface area contributed by atoms with E-state index >= 15 is 0 Å². The highest BCUT2D eigenvalue weighted by atomic mass is 31.2. The Labute approximate surface area is 594 Å².